The van der Waals surface area contributed by atoms with Gasteiger partial charge in [-0.05, 0) is 30.7 Å². The third kappa shape index (κ3) is 3.12. The van der Waals surface area contributed by atoms with Gasteiger partial charge in [0.05, 0.1) is 0 Å². The molecule has 1 aromatic carbocycles. The number of halogens is 4. The lowest BCUT2D eigenvalue weighted by molar-refractivity contribution is -0.157. The minimum Gasteiger partial charge on any atom is -0.303 e. The summed E-state index contributed by atoms with van der Waals surface area (Å²) in [6.45, 7) is 3.63. The zero-order chi connectivity index (χ0) is 12.3. The van der Waals surface area contributed by atoms with Gasteiger partial charge < -0.3 is 5.32 Å². The first kappa shape index (κ1) is 13.3. The first-order chi connectivity index (χ1) is 7.36. The van der Waals surface area contributed by atoms with Crippen molar-refractivity contribution < 1.29 is 13.2 Å². The van der Waals surface area contributed by atoms with Crippen LogP contribution in [0.3, 0.4) is 0 Å². The Bertz CT molecular complexity index is 363. The van der Waals surface area contributed by atoms with Gasteiger partial charge in [0.1, 0.15) is 6.04 Å². The monoisotopic (exact) mass is 251 g/mol. The first-order valence-corrected chi connectivity index (χ1v) is 5.30. The molecule has 0 saturated carbocycles. The van der Waals surface area contributed by atoms with Crippen LogP contribution in [0.4, 0.5) is 13.2 Å². The van der Waals surface area contributed by atoms with Gasteiger partial charge in [-0.25, -0.2) is 0 Å². The molecule has 1 unspecified atom stereocenters. The van der Waals surface area contributed by atoms with Gasteiger partial charge in [0.15, 0.2) is 0 Å². The van der Waals surface area contributed by atoms with Crippen molar-refractivity contribution in [3.05, 3.63) is 34.3 Å². The highest BCUT2D eigenvalue weighted by Crippen LogP contribution is 2.34. The maximum Gasteiger partial charge on any atom is 0.407 e. The summed E-state index contributed by atoms with van der Waals surface area (Å²) in [4.78, 5) is 0. The van der Waals surface area contributed by atoms with Crippen LogP contribution in [0.15, 0.2) is 18.2 Å². The predicted octanol–water partition coefficient (Wildman–Crippen LogP) is 3.86. The van der Waals surface area contributed by atoms with Crippen LogP contribution in [0.5, 0.6) is 0 Å². The Kier molecular flexibility index (Phi) is 4.21. The first-order valence-electron chi connectivity index (χ1n) is 4.92. The van der Waals surface area contributed by atoms with Gasteiger partial charge in [0.25, 0.3) is 0 Å². The number of rotatable bonds is 3. The Balaban J connectivity index is 3.06. The van der Waals surface area contributed by atoms with Gasteiger partial charge in [-0.1, -0.05) is 30.7 Å². The van der Waals surface area contributed by atoms with E-state index in [0.717, 1.165) is 5.56 Å². The summed E-state index contributed by atoms with van der Waals surface area (Å²) in [7, 11) is 0. The van der Waals surface area contributed by atoms with Crippen LogP contribution in [0, 0.1) is 6.92 Å². The maximum absolute atomic E-state index is 12.7. The molecule has 0 aliphatic rings. The normalized spacial score (nSPS) is 13.9. The molecule has 0 bridgehead atoms. The summed E-state index contributed by atoms with van der Waals surface area (Å²) < 4.78 is 38.2. The summed E-state index contributed by atoms with van der Waals surface area (Å²) in [5, 5.41) is 2.75. The number of nitrogens with one attached hydrogen (secondary N) is 1. The van der Waals surface area contributed by atoms with Crippen LogP contribution < -0.4 is 5.32 Å². The fourth-order valence-electron chi connectivity index (χ4n) is 1.42. The number of benzene rings is 1. The molecule has 90 valence electrons. The van der Waals surface area contributed by atoms with Crippen LogP contribution in [0.1, 0.15) is 24.1 Å². The van der Waals surface area contributed by atoms with Crippen LogP contribution in [0.25, 0.3) is 0 Å². The predicted molar refractivity (Wildman–Crippen MR) is 58.7 cm³/mol. The van der Waals surface area contributed by atoms with Crippen molar-refractivity contribution in [1.29, 1.82) is 0 Å². The molecule has 0 amide bonds. The average molecular weight is 252 g/mol. The molecule has 5 heteroatoms. The lowest BCUT2D eigenvalue weighted by Gasteiger charge is -2.21. The fraction of sp³-hybridized carbons (Fsp3) is 0.455. The van der Waals surface area contributed by atoms with E-state index in [1.54, 1.807) is 19.9 Å². The second-order valence-electron chi connectivity index (χ2n) is 3.54. The van der Waals surface area contributed by atoms with Crippen molar-refractivity contribution in [3.63, 3.8) is 0 Å². The molecule has 1 N–H and O–H groups in total. The fourth-order valence-corrected chi connectivity index (χ4v) is 1.60. The largest absolute Gasteiger partial charge is 0.407 e. The summed E-state index contributed by atoms with van der Waals surface area (Å²) in [5.41, 5.74) is 0.910. The topological polar surface area (TPSA) is 12.0 Å². The van der Waals surface area contributed by atoms with Crippen LogP contribution in [0.2, 0.25) is 5.02 Å². The number of aryl methyl sites for hydroxylation is 1. The second-order valence-corrected chi connectivity index (χ2v) is 3.95. The summed E-state index contributed by atoms with van der Waals surface area (Å²) in [6.07, 6.45) is -4.31. The van der Waals surface area contributed by atoms with Crippen molar-refractivity contribution in [1.82, 2.24) is 5.32 Å². The van der Waals surface area contributed by atoms with E-state index in [0.29, 0.717) is 5.02 Å². The molecule has 0 aliphatic carbocycles. The lowest BCUT2D eigenvalue weighted by Crippen LogP contribution is -2.34. The van der Waals surface area contributed by atoms with Crippen molar-refractivity contribution >= 4 is 11.6 Å². The summed E-state index contributed by atoms with van der Waals surface area (Å²) in [6, 6.07) is 2.74. The van der Waals surface area contributed by atoms with E-state index in [9.17, 15) is 13.2 Å². The summed E-state index contributed by atoms with van der Waals surface area (Å²) in [5.74, 6) is 0. The third-order valence-electron chi connectivity index (χ3n) is 2.26. The molecule has 0 radical (unpaired) electrons. The van der Waals surface area contributed by atoms with E-state index in [2.05, 4.69) is 5.32 Å². The molecule has 0 spiro atoms. The minimum absolute atomic E-state index is 0.143. The molecule has 0 heterocycles. The molecular weight excluding hydrogens is 239 g/mol. The van der Waals surface area contributed by atoms with Gasteiger partial charge in [-0.15, -0.1) is 0 Å². The standard InChI is InChI=1S/C11H13ClF3N/c1-3-16-10(11(13,14)15)8-5-4-7(2)9(12)6-8/h4-6,10,16H,3H2,1-2H3. The van der Waals surface area contributed by atoms with Gasteiger partial charge in [0, 0.05) is 5.02 Å². The van der Waals surface area contributed by atoms with Crippen molar-refractivity contribution in [2.24, 2.45) is 0 Å². The van der Waals surface area contributed by atoms with Gasteiger partial charge in [-0.2, -0.15) is 13.2 Å². The Morgan fingerprint density at radius 2 is 2.00 bits per heavy atom. The van der Waals surface area contributed by atoms with E-state index in [4.69, 9.17) is 11.6 Å². The Morgan fingerprint density at radius 1 is 1.38 bits per heavy atom. The lowest BCUT2D eigenvalue weighted by atomic mass is 10.0. The van der Waals surface area contributed by atoms with Gasteiger partial charge >= 0.3 is 6.18 Å². The Hall–Kier alpha value is -0.740. The zero-order valence-corrected chi connectivity index (χ0v) is 9.78. The summed E-state index contributed by atoms with van der Waals surface area (Å²) >= 11 is 5.81. The van der Waals surface area contributed by atoms with Gasteiger partial charge in [-0.3, -0.25) is 0 Å². The molecule has 1 nitrogen and oxygen atoms in total. The third-order valence-corrected chi connectivity index (χ3v) is 2.67. The zero-order valence-electron chi connectivity index (χ0n) is 9.03. The molecule has 1 aromatic rings. The Labute approximate surface area is 97.6 Å². The molecule has 0 aromatic heterocycles. The second kappa shape index (κ2) is 5.06. The average Bonchev–Trinajstić information content (AvgIpc) is 2.17. The minimum atomic E-state index is -4.31. The van der Waals surface area contributed by atoms with E-state index in [1.807, 2.05) is 0 Å². The number of alkyl halides is 3. The highest BCUT2D eigenvalue weighted by molar-refractivity contribution is 6.31. The van der Waals surface area contributed by atoms with E-state index < -0.39 is 12.2 Å². The van der Waals surface area contributed by atoms with Crippen LogP contribution in [-0.2, 0) is 0 Å². The maximum atomic E-state index is 12.7. The molecule has 0 saturated heterocycles. The molecule has 0 aliphatic heterocycles. The van der Waals surface area contributed by atoms with E-state index in [1.165, 1.54) is 12.1 Å². The number of hydrogen-bond donors (Lipinski definition) is 1. The SMILES string of the molecule is CCNC(c1ccc(C)c(Cl)c1)C(F)(F)F. The highest BCUT2D eigenvalue weighted by Gasteiger charge is 2.40. The quantitative estimate of drug-likeness (QED) is 0.860. The number of hydrogen-bond acceptors (Lipinski definition) is 1. The van der Waals surface area contributed by atoms with Crippen molar-refractivity contribution in [2.75, 3.05) is 6.54 Å². The molecule has 16 heavy (non-hydrogen) atoms. The van der Waals surface area contributed by atoms with Crippen molar-refractivity contribution in [3.8, 4) is 0 Å². The van der Waals surface area contributed by atoms with Crippen LogP contribution >= 0.6 is 11.6 Å². The van der Waals surface area contributed by atoms with Crippen LogP contribution in [-0.4, -0.2) is 12.7 Å². The molecule has 1 atom stereocenters. The van der Waals surface area contributed by atoms with Crippen molar-refractivity contribution in [2.45, 2.75) is 26.1 Å². The van der Waals surface area contributed by atoms with Gasteiger partial charge in [0.2, 0.25) is 0 Å². The smallest absolute Gasteiger partial charge is 0.303 e. The molecule has 0 fully saturated rings. The Morgan fingerprint density at radius 3 is 2.44 bits per heavy atom. The highest BCUT2D eigenvalue weighted by atomic mass is 35.5. The van der Waals surface area contributed by atoms with E-state index >= 15 is 0 Å². The molecule has 1 rings (SSSR count). The van der Waals surface area contributed by atoms with E-state index in [-0.39, 0.29) is 12.1 Å². The molecular formula is C11H13ClF3N.